The van der Waals surface area contributed by atoms with Crippen molar-refractivity contribution in [2.45, 2.75) is 20.3 Å². The maximum atomic E-state index is 11.2. The minimum Gasteiger partial charge on any atom is -0.351 e. The maximum Gasteiger partial charge on any atom is 0.271 e. The molecule has 0 bridgehead atoms. The van der Waals surface area contributed by atoms with Crippen LogP contribution in [0.2, 0.25) is 0 Å². The molecule has 0 aliphatic carbocycles. The predicted molar refractivity (Wildman–Crippen MR) is 49.4 cm³/mol. The van der Waals surface area contributed by atoms with Gasteiger partial charge in [0.25, 0.3) is 5.91 Å². The lowest BCUT2D eigenvalue weighted by atomic mass is 10.3. The van der Waals surface area contributed by atoms with Crippen molar-refractivity contribution in [3.8, 4) is 0 Å². The van der Waals surface area contributed by atoms with Crippen molar-refractivity contribution in [3.05, 3.63) is 23.5 Å². The molecular formula is C9H13N3O. The van der Waals surface area contributed by atoms with E-state index in [2.05, 4.69) is 15.5 Å². The Morgan fingerprint density at radius 3 is 2.62 bits per heavy atom. The molecule has 0 radical (unpaired) electrons. The van der Waals surface area contributed by atoms with E-state index >= 15 is 0 Å². The van der Waals surface area contributed by atoms with E-state index in [1.807, 2.05) is 19.9 Å². The Balaban J connectivity index is 2.74. The first-order chi connectivity index (χ1) is 6.27. The van der Waals surface area contributed by atoms with Crippen LogP contribution >= 0.6 is 0 Å². The van der Waals surface area contributed by atoms with E-state index < -0.39 is 0 Å². The highest BCUT2D eigenvalue weighted by atomic mass is 16.1. The fourth-order valence-electron chi connectivity index (χ4n) is 0.921. The molecule has 0 aliphatic heterocycles. The summed E-state index contributed by atoms with van der Waals surface area (Å²) in [4.78, 5) is 11.2. The zero-order valence-electron chi connectivity index (χ0n) is 7.87. The third-order valence-corrected chi connectivity index (χ3v) is 1.65. The molecule has 1 aromatic rings. The van der Waals surface area contributed by atoms with E-state index in [1.54, 1.807) is 6.07 Å². The van der Waals surface area contributed by atoms with E-state index in [9.17, 15) is 4.79 Å². The molecule has 0 aromatic carbocycles. The monoisotopic (exact) mass is 179 g/mol. The van der Waals surface area contributed by atoms with Gasteiger partial charge in [0.05, 0.1) is 5.69 Å². The SMILES string of the molecule is CCNC(=O)c1ccc(CC)nn1. The number of nitrogens with zero attached hydrogens (tertiary/aromatic N) is 2. The van der Waals surface area contributed by atoms with Crippen molar-refractivity contribution >= 4 is 5.91 Å². The number of carbonyl (C=O) groups is 1. The lowest BCUT2D eigenvalue weighted by Crippen LogP contribution is -2.24. The van der Waals surface area contributed by atoms with Crippen molar-refractivity contribution in [3.63, 3.8) is 0 Å². The van der Waals surface area contributed by atoms with Crippen molar-refractivity contribution in [1.29, 1.82) is 0 Å². The summed E-state index contributed by atoms with van der Waals surface area (Å²) in [7, 11) is 0. The number of hydrogen-bond donors (Lipinski definition) is 1. The number of aryl methyl sites for hydroxylation is 1. The Morgan fingerprint density at radius 2 is 2.15 bits per heavy atom. The van der Waals surface area contributed by atoms with Crippen molar-refractivity contribution in [2.75, 3.05) is 6.54 Å². The van der Waals surface area contributed by atoms with Gasteiger partial charge < -0.3 is 5.32 Å². The molecule has 0 saturated carbocycles. The summed E-state index contributed by atoms with van der Waals surface area (Å²) in [6.45, 7) is 4.47. The van der Waals surface area contributed by atoms with Gasteiger partial charge in [-0.25, -0.2) is 0 Å². The zero-order chi connectivity index (χ0) is 9.68. The first kappa shape index (κ1) is 9.64. The van der Waals surface area contributed by atoms with E-state index in [0.717, 1.165) is 12.1 Å². The Labute approximate surface area is 77.4 Å². The fourth-order valence-corrected chi connectivity index (χ4v) is 0.921. The summed E-state index contributed by atoms with van der Waals surface area (Å²) >= 11 is 0. The Bertz CT molecular complexity index is 281. The first-order valence-corrected chi connectivity index (χ1v) is 4.38. The number of hydrogen-bond acceptors (Lipinski definition) is 3. The standard InChI is InChI=1S/C9H13N3O/c1-3-7-5-6-8(12-11-7)9(13)10-4-2/h5-6H,3-4H2,1-2H3,(H,10,13). The van der Waals surface area contributed by atoms with Crippen LogP contribution in [0.25, 0.3) is 0 Å². The molecule has 4 nitrogen and oxygen atoms in total. The second kappa shape index (κ2) is 4.54. The molecule has 0 aliphatic rings. The summed E-state index contributed by atoms with van der Waals surface area (Å²) in [5.74, 6) is -0.169. The number of aromatic nitrogens is 2. The molecule has 0 fully saturated rings. The smallest absolute Gasteiger partial charge is 0.271 e. The summed E-state index contributed by atoms with van der Waals surface area (Å²) in [5, 5.41) is 10.4. The van der Waals surface area contributed by atoms with Gasteiger partial charge in [-0.05, 0) is 25.5 Å². The normalized spacial score (nSPS) is 9.69. The van der Waals surface area contributed by atoms with Gasteiger partial charge in [0.2, 0.25) is 0 Å². The molecule has 13 heavy (non-hydrogen) atoms. The van der Waals surface area contributed by atoms with Crippen molar-refractivity contribution in [2.24, 2.45) is 0 Å². The van der Waals surface area contributed by atoms with Crippen molar-refractivity contribution < 1.29 is 4.79 Å². The van der Waals surface area contributed by atoms with Gasteiger partial charge in [-0.15, -0.1) is 5.10 Å². The summed E-state index contributed by atoms with van der Waals surface area (Å²) < 4.78 is 0. The lowest BCUT2D eigenvalue weighted by molar-refractivity contribution is 0.0950. The minimum absolute atomic E-state index is 0.169. The van der Waals surface area contributed by atoms with Crippen molar-refractivity contribution in [1.82, 2.24) is 15.5 Å². The van der Waals surface area contributed by atoms with E-state index in [4.69, 9.17) is 0 Å². The van der Waals surface area contributed by atoms with Crippen LogP contribution < -0.4 is 5.32 Å². The summed E-state index contributed by atoms with van der Waals surface area (Å²) in [6, 6.07) is 3.51. The predicted octanol–water partition coefficient (Wildman–Crippen LogP) is 0.789. The number of amides is 1. The van der Waals surface area contributed by atoms with Gasteiger partial charge in [-0.2, -0.15) is 5.10 Å². The van der Waals surface area contributed by atoms with E-state index in [1.165, 1.54) is 0 Å². The molecule has 1 rings (SSSR count). The molecule has 0 atom stereocenters. The quantitative estimate of drug-likeness (QED) is 0.746. The van der Waals surface area contributed by atoms with Crippen LogP contribution in [0, 0.1) is 0 Å². The number of nitrogens with one attached hydrogen (secondary N) is 1. The highest BCUT2D eigenvalue weighted by Gasteiger charge is 2.05. The maximum absolute atomic E-state index is 11.2. The van der Waals surface area contributed by atoms with Crippen LogP contribution in [0.1, 0.15) is 30.0 Å². The lowest BCUT2D eigenvalue weighted by Gasteiger charge is -2.00. The van der Waals surface area contributed by atoms with E-state index in [0.29, 0.717) is 12.2 Å². The molecule has 0 unspecified atom stereocenters. The van der Waals surface area contributed by atoms with Gasteiger partial charge in [-0.3, -0.25) is 4.79 Å². The Kier molecular flexibility index (Phi) is 3.37. The van der Waals surface area contributed by atoms with Gasteiger partial charge >= 0.3 is 0 Å². The molecule has 1 amide bonds. The molecular weight excluding hydrogens is 166 g/mol. The third kappa shape index (κ3) is 2.50. The molecule has 4 heteroatoms. The second-order valence-corrected chi connectivity index (χ2v) is 2.62. The molecule has 0 saturated heterocycles. The van der Waals surface area contributed by atoms with Gasteiger partial charge in [0, 0.05) is 6.54 Å². The molecule has 0 spiro atoms. The topological polar surface area (TPSA) is 54.9 Å². The Hall–Kier alpha value is -1.45. The molecule has 1 heterocycles. The van der Waals surface area contributed by atoms with Crippen LogP contribution in [-0.2, 0) is 6.42 Å². The summed E-state index contributed by atoms with van der Waals surface area (Å²) in [5.41, 5.74) is 1.27. The van der Waals surface area contributed by atoms with Gasteiger partial charge in [0.15, 0.2) is 5.69 Å². The van der Waals surface area contributed by atoms with Crippen LogP contribution in [-0.4, -0.2) is 22.6 Å². The van der Waals surface area contributed by atoms with E-state index in [-0.39, 0.29) is 5.91 Å². The second-order valence-electron chi connectivity index (χ2n) is 2.62. The van der Waals surface area contributed by atoms with Crippen LogP contribution in [0.15, 0.2) is 12.1 Å². The fraction of sp³-hybridized carbons (Fsp3) is 0.444. The minimum atomic E-state index is -0.169. The van der Waals surface area contributed by atoms with Crippen LogP contribution in [0.4, 0.5) is 0 Å². The van der Waals surface area contributed by atoms with Gasteiger partial charge in [-0.1, -0.05) is 6.92 Å². The van der Waals surface area contributed by atoms with Crippen LogP contribution in [0.5, 0.6) is 0 Å². The van der Waals surface area contributed by atoms with Gasteiger partial charge in [0.1, 0.15) is 0 Å². The highest BCUT2D eigenvalue weighted by Crippen LogP contribution is 1.96. The van der Waals surface area contributed by atoms with Crippen LogP contribution in [0.3, 0.4) is 0 Å². The molecule has 1 aromatic heterocycles. The zero-order valence-corrected chi connectivity index (χ0v) is 7.87. The molecule has 1 N–H and O–H groups in total. The number of carbonyl (C=O) groups excluding carboxylic acids is 1. The third-order valence-electron chi connectivity index (χ3n) is 1.65. The first-order valence-electron chi connectivity index (χ1n) is 4.38. The Morgan fingerprint density at radius 1 is 1.38 bits per heavy atom. The largest absolute Gasteiger partial charge is 0.351 e. The number of rotatable bonds is 3. The highest BCUT2D eigenvalue weighted by molar-refractivity contribution is 5.91. The molecule has 70 valence electrons. The average Bonchev–Trinajstić information content (AvgIpc) is 2.18. The summed E-state index contributed by atoms with van der Waals surface area (Å²) in [6.07, 6.45) is 0.836. The average molecular weight is 179 g/mol.